The number of hydrogen-bond acceptors (Lipinski definition) is 6. The first kappa shape index (κ1) is 14.5. The van der Waals surface area contributed by atoms with Crippen LogP contribution in [-0.4, -0.2) is 46.5 Å². The highest BCUT2D eigenvalue weighted by molar-refractivity contribution is 5.41. The van der Waals surface area contributed by atoms with Crippen LogP contribution in [0, 0.1) is 0 Å². The number of aliphatic hydroxyl groups is 1. The summed E-state index contributed by atoms with van der Waals surface area (Å²) in [6.07, 6.45) is 7.45. The molecule has 0 radical (unpaired) electrons. The first-order valence-corrected chi connectivity index (χ1v) is 7.91. The van der Waals surface area contributed by atoms with Crippen molar-refractivity contribution in [3.63, 3.8) is 0 Å². The Bertz CT molecular complexity index is 451. The van der Waals surface area contributed by atoms with E-state index in [2.05, 4.69) is 20.6 Å². The van der Waals surface area contributed by atoms with E-state index >= 15 is 0 Å². The highest BCUT2D eigenvalue weighted by Gasteiger charge is 2.20. The van der Waals surface area contributed by atoms with Crippen molar-refractivity contribution in [1.82, 2.24) is 9.97 Å². The summed E-state index contributed by atoms with van der Waals surface area (Å²) in [5.41, 5.74) is 0. The van der Waals surface area contributed by atoms with Crippen molar-refractivity contribution in [2.75, 3.05) is 23.8 Å². The molecule has 1 aromatic rings. The number of aromatic nitrogens is 2. The van der Waals surface area contributed by atoms with Crippen molar-refractivity contribution >= 4 is 11.8 Å². The van der Waals surface area contributed by atoms with E-state index in [0.29, 0.717) is 18.0 Å². The SMILES string of the molecule is O[C@H]1CCC[C@@H](Nc2ccnc(NC3CCOCC3)n2)C1. The topological polar surface area (TPSA) is 79.3 Å². The quantitative estimate of drug-likeness (QED) is 0.785. The number of nitrogens with zero attached hydrogens (tertiary/aromatic N) is 2. The first-order chi connectivity index (χ1) is 10.3. The molecule has 1 aromatic heterocycles. The van der Waals surface area contributed by atoms with Crippen LogP contribution < -0.4 is 10.6 Å². The lowest BCUT2D eigenvalue weighted by molar-refractivity contribution is 0.0903. The number of ether oxygens (including phenoxy) is 1. The Labute approximate surface area is 125 Å². The molecule has 2 fully saturated rings. The molecule has 2 aliphatic rings. The molecule has 6 heteroatoms. The molecule has 0 aromatic carbocycles. The van der Waals surface area contributed by atoms with Gasteiger partial charge < -0.3 is 20.5 Å². The normalized spacial score (nSPS) is 27.3. The molecule has 2 heterocycles. The Morgan fingerprint density at radius 2 is 1.95 bits per heavy atom. The summed E-state index contributed by atoms with van der Waals surface area (Å²) >= 11 is 0. The zero-order chi connectivity index (χ0) is 14.5. The zero-order valence-corrected chi connectivity index (χ0v) is 12.3. The number of aliphatic hydroxyl groups excluding tert-OH is 1. The van der Waals surface area contributed by atoms with Gasteiger partial charge in [0, 0.05) is 31.5 Å². The summed E-state index contributed by atoms with van der Waals surface area (Å²) < 4.78 is 5.35. The van der Waals surface area contributed by atoms with Crippen LogP contribution in [0.3, 0.4) is 0 Å². The summed E-state index contributed by atoms with van der Waals surface area (Å²) in [5.74, 6) is 1.50. The molecule has 0 unspecified atom stereocenters. The fourth-order valence-electron chi connectivity index (χ4n) is 3.04. The lowest BCUT2D eigenvalue weighted by Gasteiger charge is -2.27. The Morgan fingerprint density at radius 3 is 2.76 bits per heavy atom. The van der Waals surface area contributed by atoms with Gasteiger partial charge in [0.25, 0.3) is 0 Å². The Balaban J connectivity index is 1.57. The number of rotatable bonds is 4. The molecular weight excluding hydrogens is 268 g/mol. The van der Waals surface area contributed by atoms with Gasteiger partial charge in [-0.15, -0.1) is 0 Å². The van der Waals surface area contributed by atoms with E-state index in [1.807, 2.05) is 6.07 Å². The molecule has 21 heavy (non-hydrogen) atoms. The summed E-state index contributed by atoms with van der Waals surface area (Å²) in [7, 11) is 0. The Kier molecular flexibility index (Phi) is 4.87. The molecule has 1 aliphatic heterocycles. The van der Waals surface area contributed by atoms with Crippen LogP contribution in [0.4, 0.5) is 11.8 Å². The third-order valence-corrected chi connectivity index (χ3v) is 4.21. The van der Waals surface area contributed by atoms with E-state index in [1.54, 1.807) is 6.20 Å². The van der Waals surface area contributed by atoms with Gasteiger partial charge in [0.2, 0.25) is 5.95 Å². The van der Waals surface area contributed by atoms with Crippen molar-refractivity contribution in [1.29, 1.82) is 0 Å². The van der Waals surface area contributed by atoms with Gasteiger partial charge in [-0.1, -0.05) is 0 Å². The fourth-order valence-corrected chi connectivity index (χ4v) is 3.04. The van der Waals surface area contributed by atoms with Crippen LogP contribution in [0.5, 0.6) is 0 Å². The number of anilines is 2. The smallest absolute Gasteiger partial charge is 0.224 e. The van der Waals surface area contributed by atoms with Crippen molar-refractivity contribution < 1.29 is 9.84 Å². The van der Waals surface area contributed by atoms with Crippen LogP contribution in [0.1, 0.15) is 38.5 Å². The molecular formula is C15H24N4O2. The minimum atomic E-state index is -0.182. The van der Waals surface area contributed by atoms with Gasteiger partial charge in [0.15, 0.2) is 0 Å². The number of hydrogen-bond donors (Lipinski definition) is 3. The maximum Gasteiger partial charge on any atom is 0.224 e. The first-order valence-electron chi connectivity index (χ1n) is 7.91. The second-order valence-corrected chi connectivity index (χ2v) is 5.96. The van der Waals surface area contributed by atoms with Crippen molar-refractivity contribution in [2.45, 2.75) is 56.7 Å². The molecule has 0 amide bonds. The third kappa shape index (κ3) is 4.28. The highest BCUT2D eigenvalue weighted by atomic mass is 16.5. The van der Waals surface area contributed by atoms with Gasteiger partial charge in [0.05, 0.1) is 6.10 Å². The van der Waals surface area contributed by atoms with E-state index in [9.17, 15) is 5.11 Å². The van der Waals surface area contributed by atoms with Gasteiger partial charge in [-0.05, 0) is 44.6 Å². The van der Waals surface area contributed by atoms with Crippen LogP contribution in [-0.2, 0) is 4.74 Å². The van der Waals surface area contributed by atoms with Crippen molar-refractivity contribution in [2.24, 2.45) is 0 Å². The fraction of sp³-hybridized carbons (Fsp3) is 0.733. The van der Waals surface area contributed by atoms with Crippen LogP contribution in [0.25, 0.3) is 0 Å². The zero-order valence-electron chi connectivity index (χ0n) is 12.3. The molecule has 3 rings (SSSR count). The summed E-state index contributed by atoms with van der Waals surface area (Å²) in [5, 5.41) is 16.5. The average Bonchev–Trinajstić information content (AvgIpc) is 2.49. The van der Waals surface area contributed by atoms with Gasteiger partial charge in [-0.25, -0.2) is 4.98 Å². The van der Waals surface area contributed by atoms with Crippen LogP contribution >= 0.6 is 0 Å². The maximum absolute atomic E-state index is 9.73. The number of nitrogens with one attached hydrogen (secondary N) is 2. The standard InChI is InChI=1S/C15H24N4O2/c20-13-3-1-2-12(10-13)17-14-4-7-16-15(19-14)18-11-5-8-21-9-6-11/h4,7,11-13,20H,1-3,5-6,8-10H2,(H2,16,17,18,19)/t12-,13+/m1/s1. The van der Waals surface area contributed by atoms with E-state index < -0.39 is 0 Å². The van der Waals surface area contributed by atoms with Gasteiger partial charge in [-0.3, -0.25) is 0 Å². The molecule has 1 saturated carbocycles. The average molecular weight is 292 g/mol. The lowest BCUT2D eigenvalue weighted by atomic mass is 9.93. The molecule has 116 valence electrons. The van der Waals surface area contributed by atoms with E-state index in [1.165, 1.54) is 0 Å². The predicted molar refractivity (Wildman–Crippen MR) is 81.4 cm³/mol. The molecule has 1 aliphatic carbocycles. The Hall–Kier alpha value is -1.40. The minimum Gasteiger partial charge on any atom is -0.393 e. The molecule has 3 N–H and O–H groups in total. The molecule has 0 spiro atoms. The second-order valence-electron chi connectivity index (χ2n) is 5.96. The molecule has 2 atom stereocenters. The lowest BCUT2D eigenvalue weighted by Crippen LogP contribution is -2.31. The highest BCUT2D eigenvalue weighted by Crippen LogP contribution is 2.22. The van der Waals surface area contributed by atoms with Gasteiger partial charge in [0.1, 0.15) is 5.82 Å². The van der Waals surface area contributed by atoms with E-state index in [-0.39, 0.29) is 6.10 Å². The van der Waals surface area contributed by atoms with Gasteiger partial charge >= 0.3 is 0 Å². The monoisotopic (exact) mass is 292 g/mol. The van der Waals surface area contributed by atoms with E-state index in [4.69, 9.17) is 4.74 Å². The van der Waals surface area contributed by atoms with Crippen LogP contribution in [0.2, 0.25) is 0 Å². The van der Waals surface area contributed by atoms with Crippen molar-refractivity contribution in [3.8, 4) is 0 Å². The Morgan fingerprint density at radius 1 is 1.10 bits per heavy atom. The largest absolute Gasteiger partial charge is 0.393 e. The second kappa shape index (κ2) is 7.04. The maximum atomic E-state index is 9.73. The van der Waals surface area contributed by atoms with Gasteiger partial charge in [-0.2, -0.15) is 4.98 Å². The molecule has 0 bridgehead atoms. The summed E-state index contributed by atoms with van der Waals surface area (Å²) in [6, 6.07) is 2.58. The molecule has 1 saturated heterocycles. The minimum absolute atomic E-state index is 0.182. The third-order valence-electron chi connectivity index (χ3n) is 4.21. The predicted octanol–water partition coefficient (Wildman–Crippen LogP) is 1.78. The van der Waals surface area contributed by atoms with E-state index in [0.717, 1.165) is 57.6 Å². The molecule has 6 nitrogen and oxygen atoms in total. The van der Waals surface area contributed by atoms with Crippen molar-refractivity contribution in [3.05, 3.63) is 12.3 Å². The summed E-state index contributed by atoms with van der Waals surface area (Å²) in [6.45, 7) is 1.60. The summed E-state index contributed by atoms with van der Waals surface area (Å²) in [4.78, 5) is 8.82. The van der Waals surface area contributed by atoms with Crippen LogP contribution in [0.15, 0.2) is 12.3 Å².